The first-order valence-corrected chi connectivity index (χ1v) is 9.74. The Hall–Kier alpha value is -3.66. The number of H-pyrrole nitrogens is 1. The minimum absolute atomic E-state index is 0.0403. The predicted octanol–water partition coefficient (Wildman–Crippen LogP) is 3.27. The van der Waals surface area contributed by atoms with Crippen molar-refractivity contribution in [3.8, 4) is 0 Å². The number of nitrogens with zero attached hydrogens (tertiary/aromatic N) is 2. The topological polar surface area (TPSA) is 105 Å². The first kappa shape index (κ1) is 18.7. The molecule has 4 aromatic rings. The maximum Gasteiger partial charge on any atom is 0.261 e. The number of fused-ring (bicyclic) bond motifs is 1. The number of carbonyl (C=O) groups is 1. The number of ketones is 1. The standard InChI is InChI=1S/C19H12F2N4O3S/c20-14-6-7-15(25-29(27,28)11-4-2-1-3-5-11)17(21)16(14)18(26)12-9-23-19-13(12)8-22-10-24-19/h1-10,25H,(H,22,23,24). The average molecular weight is 414 g/mol. The van der Waals surface area contributed by atoms with E-state index in [-0.39, 0.29) is 15.8 Å². The van der Waals surface area contributed by atoms with Gasteiger partial charge in [-0.25, -0.2) is 27.2 Å². The van der Waals surface area contributed by atoms with Crippen LogP contribution in [-0.4, -0.2) is 29.2 Å². The first-order valence-electron chi connectivity index (χ1n) is 8.26. The summed E-state index contributed by atoms with van der Waals surface area (Å²) in [6.07, 6.45) is 3.86. The van der Waals surface area contributed by atoms with E-state index in [1.54, 1.807) is 6.07 Å². The van der Waals surface area contributed by atoms with Gasteiger partial charge in [-0.05, 0) is 24.3 Å². The molecule has 0 spiro atoms. The van der Waals surface area contributed by atoms with Crippen LogP contribution in [0.3, 0.4) is 0 Å². The quantitative estimate of drug-likeness (QED) is 0.488. The second-order valence-corrected chi connectivity index (χ2v) is 7.70. The number of nitrogens with one attached hydrogen (secondary N) is 2. The monoisotopic (exact) mass is 414 g/mol. The number of hydrogen-bond acceptors (Lipinski definition) is 5. The molecule has 2 aromatic carbocycles. The SMILES string of the molecule is O=C(c1c(F)ccc(NS(=O)(=O)c2ccccc2)c1F)c1c[nH]c2ncncc12. The van der Waals surface area contributed by atoms with Crippen LogP contribution in [0.25, 0.3) is 11.0 Å². The first-order chi connectivity index (χ1) is 13.9. The van der Waals surface area contributed by atoms with Crippen LogP contribution in [0.1, 0.15) is 15.9 Å². The number of anilines is 1. The Balaban J connectivity index is 1.77. The molecule has 146 valence electrons. The van der Waals surface area contributed by atoms with E-state index in [0.29, 0.717) is 5.65 Å². The van der Waals surface area contributed by atoms with Gasteiger partial charge in [-0.15, -0.1) is 0 Å². The van der Waals surface area contributed by atoms with Gasteiger partial charge in [0, 0.05) is 17.8 Å². The van der Waals surface area contributed by atoms with Gasteiger partial charge in [0.2, 0.25) is 5.78 Å². The molecule has 0 aliphatic carbocycles. The zero-order chi connectivity index (χ0) is 20.6. The van der Waals surface area contributed by atoms with E-state index >= 15 is 0 Å². The molecular formula is C19H12F2N4O3S. The number of rotatable bonds is 5. The fraction of sp³-hybridized carbons (Fsp3) is 0. The Morgan fingerprint density at radius 3 is 2.59 bits per heavy atom. The van der Waals surface area contributed by atoms with E-state index in [1.165, 1.54) is 43.0 Å². The lowest BCUT2D eigenvalue weighted by Crippen LogP contribution is -2.16. The Bertz CT molecular complexity index is 1340. The van der Waals surface area contributed by atoms with Crippen molar-refractivity contribution in [2.75, 3.05) is 4.72 Å². The Morgan fingerprint density at radius 2 is 1.83 bits per heavy atom. The van der Waals surface area contributed by atoms with E-state index in [2.05, 4.69) is 19.7 Å². The van der Waals surface area contributed by atoms with E-state index in [4.69, 9.17) is 0 Å². The molecule has 0 aliphatic rings. The third kappa shape index (κ3) is 3.34. The van der Waals surface area contributed by atoms with E-state index in [1.807, 2.05) is 0 Å². The van der Waals surface area contributed by atoms with Crippen molar-refractivity contribution in [1.82, 2.24) is 15.0 Å². The molecule has 0 fully saturated rings. The number of hydrogen-bond donors (Lipinski definition) is 2. The van der Waals surface area contributed by atoms with Gasteiger partial charge < -0.3 is 4.98 Å². The summed E-state index contributed by atoms with van der Waals surface area (Å²) in [7, 11) is -4.13. The average Bonchev–Trinajstić information content (AvgIpc) is 3.15. The van der Waals surface area contributed by atoms with Crippen molar-refractivity contribution < 1.29 is 22.0 Å². The number of sulfonamides is 1. The second kappa shape index (κ2) is 7.06. The van der Waals surface area contributed by atoms with Crippen molar-refractivity contribution in [2.45, 2.75) is 4.90 Å². The highest BCUT2D eigenvalue weighted by atomic mass is 32.2. The molecule has 2 aromatic heterocycles. The van der Waals surface area contributed by atoms with E-state index < -0.39 is 38.7 Å². The van der Waals surface area contributed by atoms with Crippen LogP contribution in [0.15, 0.2) is 66.1 Å². The third-order valence-electron chi connectivity index (χ3n) is 4.22. The normalized spacial score (nSPS) is 11.5. The van der Waals surface area contributed by atoms with Crippen LogP contribution >= 0.6 is 0 Å². The molecule has 4 rings (SSSR count). The minimum Gasteiger partial charge on any atom is -0.345 e. The third-order valence-corrected chi connectivity index (χ3v) is 5.60. The lowest BCUT2D eigenvalue weighted by molar-refractivity contribution is 0.103. The zero-order valence-electron chi connectivity index (χ0n) is 14.6. The van der Waals surface area contributed by atoms with Gasteiger partial charge in [-0.3, -0.25) is 9.52 Å². The van der Waals surface area contributed by atoms with Gasteiger partial charge in [0.25, 0.3) is 10.0 Å². The van der Waals surface area contributed by atoms with E-state index in [0.717, 1.165) is 12.1 Å². The molecule has 0 saturated carbocycles. The fourth-order valence-corrected chi connectivity index (χ4v) is 3.91. The van der Waals surface area contributed by atoms with Crippen LogP contribution in [0.5, 0.6) is 0 Å². The summed E-state index contributed by atoms with van der Waals surface area (Å²) in [5.41, 5.74) is -1.15. The molecule has 7 nitrogen and oxygen atoms in total. The minimum atomic E-state index is -4.13. The number of carbonyl (C=O) groups excluding carboxylic acids is 1. The molecule has 0 aliphatic heterocycles. The van der Waals surface area contributed by atoms with Gasteiger partial charge >= 0.3 is 0 Å². The van der Waals surface area contributed by atoms with Crippen LogP contribution in [0.4, 0.5) is 14.5 Å². The smallest absolute Gasteiger partial charge is 0.261 e. The molecule has 29 heavy (non-hydrogen) atoms. The summed E-state index contributed by atoms with van der Waals surface area (Å²) in [5, 5.41) is 0.284. The molecule has 0 saturated heterocycles. The van der Waals surface area contributed by atoms with Crippen molar-refractivity contribution in [3.05, 3.63) is 83.9 Å². The van der Waals surface area contributed by atoms with Crippen molar-refractivity contribution in [3.63, 3.8) is 0 Å². The summed E-state index contributed by atoms with van der Waals surface area (Å²) >= 11 is 0. The Labute approximate surface area is 163 Å². The van der Waals surface area contributed by atoms with Crippen LogP contribution in [0, 0.1) is 11.6 Å². The van der Waals surface area contributed by atoms with Crippen LogP contribution in [0.2, 0.25) is 0 Å². The highest BCUT2D eigenvalue weighted by Gasteiger charge is 2.26. The lowest BCUT2D eigenvalue weighted by atomic mass is 10.0. The Morgan fingerprint density at radius 1 is 1.07 bits per heavy atom. The molecule has 0 unspecified atom stereocenters. The van der Waals surface area contributed by atoms with E-state index in [9.17, 15) is 22.0 Å². The Kier molecular flexibility index (Phi) is 4.55. The van der Waals surface area contributed by atoms with Crippen LogP contribution in [-0.2, 0) is 10.0 Å². The molecule has 0 amide bonds. The number of aromatic nitrogens is 3. The molecule has 0 atom stereocenters. The molecule has 10 heteroatoms. The highest BCUT2D eigenvalue weighted by molar-refractivity contribution is 7.92. The van der Waals surface area contributed by atoms with Gasteiger partial charge in [0.15, 0.2) is 5.82 Å². The van der Waals surface area contributed by atoms with Gasteiger partial charge in [0.05, 0.1) is 21.7 Å². The largest absolute Gasteiger partial charge is 0.345 e. The molecule has 0 radical (unpaired) electrons. The number of aromatic amines is 1. The summed E-state index contributed by atoms with van der Waals surface area (Å²) in [6.45, 7) is 0. The highest BCUT2D eigenvalue weighted by Crippen LogP contribution is 2.27. The molecular weight excluding hydrogens is 402 g/mol. The summed E-state index contributed by atoms with van der Waals surface area (Å²) in [5.74, 6) is -3.41. The maximum absolute atomic E-state index is 15.0. The summed E-state index contributed by atoms with van der Waals surface area (Å²) in [4.78, 5) is 23.2. The maximum atomic E-state index is 15.0. The molecule has 2 heterocycles. The van der Waals surface area contributed by atoms with Gasteiger partial charge in [0.1, 0.15) is 17.8 Å². The van der Waals surface area contributed by atoms with Gasteiger partial charge in [-0.2, -0.15) is 0 Å². The zero-order valence-corrected chi connectivity index (χ0v) is 15.4. The fourth-order valence-electron chi connectivity index (χ4n) is 2.83. The second-order valence-electron chi connectivity index (χ2n) is 6.02. The van der Waals surface area contributed by atoms with Crippen molar-refractivity contribution >= 4 is 32.5 Å². The summed E-state index contributed by atoms with van der Waals surface area (Å²) < 4.78 is 56.3. The van der Waals surface area contributed by atoms with Crippen molar-refractivity contribution in [2.24, 2.45) is 0 Å². The van der Waals surface area contributed by atoms with Crippen molar-refractivity contribution in [1.29, 1.82) is 0 Å². The van der Waals surface area contributed by atoms with Gasteiger partial charge in [-0.1, -0.05) is 18.2 Å². The molecule has 0 bridgehead atoms. The molecule has 2 N–H and O–H groups in total. The lowest BCUT2D eigenvalue weighted by Gasteiger charge is -2.12. The predicted molar refractivity (Wildman–Crippen MR) is 101 cm³/mol. The number of halogens is 2. The van der Waals surface area contributed by atoms with Crippen LogP contribution < -0.4 is 4.72 Å². The number of benzene rings is 2. The summed E-state index contributed by atoms with van der Waals surface area (Å²) in [6, 6.07) is 9.01.